The molecule has 464 valence electrons. The summed E-state index contributed by atoms with van der Waals surface area (Å²) in [6, 6.07) is 18.3. The Labute approximate surface area is 532 Å². The molecule has 5 rings (SSSR count). The average Bonchev–Trinajstić information content (AvgIpc) is 3.57. The molecule has 0 spiro atoms. The minimum absolute atomic E-state index is 0.528. The number of rotatable bonds is 36. The number of nitrogens with zero attached hydrogens (tertiary/aromatic N) is 4. The SMILES string of the molecule is CCCCCCCCOc1c2cc(C(=S)N(C)C)cc1Cc1cc(C(=S)N(C)C)cc(c1OCCCCCCCC)Cc1cc(C(=S)N(C)C)cc(c1OCCCCCCCC)Cc1cc(C(=S)N(C)C)cc(c1OCCCCCCCC)C2. The van der Waals surface area contributed by atoms with Gasteiger partial charge in [0.2, 0.25) is 0 Å². The molecule has 84 heavy (non-hydrogen) atoms. The van der Waals surface area contributed by atoms with Gasteiger partial charge in [0, 0.05) is 104 Å². The van der Waals surface area contributed by atoms with Gasteiger partial charge in [-0.1, -0.05) is 205 Å². The predicted octanol–water partition coefficient (Wildman–Crippen LogP) is 18.3. The van der Waals surface area contributed by atoms with Crippen LogP contribution in [-0.2, 0) is 25.7 Å². The van der Waals surface area contributed by atoms with Crippen molar-refractivity contribution in [3.63, 3.8) is 0 Å². The van der Waals surface area contributed by atoms with E-state index in [1.807, 2.05) is 76.0 Å². The Morgan fingerprint density at radius 2 is 0.429 bits per heavy atom. The third-order valence-electron chi connectivity index (χ3n) is 16.1. The maximum Gasteiger partial charge on any atom is 0.126 e. The summed E-state index contributed by atoms with van der Waals surface area (Å²) in [6.07, 6.45) is 30.1. The molecule has 0 atom stereocenters. The topological polar surface area (TPSA) is 49.9 Å². The van der Waals surface area contributed by atoms with Gasteiger partial charge in [-0.3, -0.25) is 0 Å². The van der Waals surface area contributed by atoms with Gasteiger partial charge in [-0.25, -0.2) is 0 Å². The van der Waals surface area contributed by atoms with Gasteiger partial charge in [0.05, 0.1) is 26.4 Å². The van der Waals surface area contributed by atoms with Crippen LogP contribution in [-0.4, -0.2) is 122 Å². The molecule has 0 saturated heterocycles. The normalized spacial score (nSPS) is 12.0. The monoisotopic (exact) mass is 1220 g/mol. The van der Waals surface area contributed by atoms with Crippen molar-refractivity contribution in [2.45, 2.75) is 207 Å². The minimum Gasteiger partial charge on any atom is -0.493 e. The Morgan fingerprint density at radius 1 is 0.274 bits per heavy atom. The van der Waals surface area contributed by atoms with Crippen LogP contribution in [0, 0.1) is 0 Å². The first-order chi connectivity index (χ1) is 40.5. The molecule has 0 aliphatic heterocycles. The van der Waals surface area contributed by atoms with Gasteiger partial charge in [-0.15, -0.1) is 0 Å². The van der Waals surface area contributed by atoms with Crippen LogP contribution in [0.25, 0.3) is 0 Å². The molecule has 0 amide bonds. The second-order valence-electron chi connectivity index (χ2n) is 24.5. The molecule has 0 N–H and O–H groups in total. The molecular weight excluding hydrogens is 1110 g/mol. The van der Waals surface area contributed by atoms with Crippen LogP contribution in [0.1, 0.15) is 249 Å². The number of unbranched alkanes of at least 4 members (excludes halogenated alkanes) is 20. The molecular formula is C72H108N4O4S4. The van der Waals surface area contributed by atoms with E-state index in [1.165, 1.54) is 103 Å². The first kappa shape index (κ1) is 70.4. The van der Waals surface area contributed by atoms with Crippen LogP contribution in [0.3, 0.4) is 0 Å². The largest absolute Gasteiger partial charge is 0.493 e. The number of hydrogen-bond acceptors (Lipinski definition) is 8. The summed E-state index contributed by atoms with van der Waals surface area (Å²) in [5.74, 6) is 3.58. The van der Waals surface area contributed by atoms with Crippen LogP contribution < -0.4 is 18.9 Å². The van der Waals surface area contributed by atoms with Gasteiger partial charge in [-0.2, -0.15) is 0 Å². The zero-order valence-corrected chi connectivity index (χ0v) is 57.6. The zero-order chi connectivity index (χ0) is 61.0. The Kier molecular flexibility index (Phi) is 31.9. The Hall–Kier alpha value is -4.36. The van der Waals surface area contributed by atoms with E-state index in [2.05, 4.69) is 76.2 Å². The smallest absolute Gasteiger partial charge is 0.126 e. The van der Waals surface area contributed by atoms with Gasteiger partial charge in [0.25, 0.3) is 0 Å². The molecule has 4 aromatic rings. The number of thiocarbonyl (C=S) groups is 4. The molecule has 0 unspecified atom stereocenters. The van der Waals surface area contributed by atoms with Gasteiger partial charge >= 0.3 is 0 Å². The first-order valence-corrected chi connectivity index (χ1v) is 34.2. The summed E-state index contributed by atoms with van der Waals surface area (Å²) in [7, 11) is 16.3. The van der Waals surface area contributed by atoms with Crippen LogP contribution >= 0.6 is 48.9 Å². The number of fused-ring (bicyclic) bond motifs is 8. The van der Waals surface area contributed by atoms with Crippen LogP contribution in [0.15, 0.2) is 48.5 Å². The summed E-state index contributed by atoms with van der Waals surface area (Å²) in [5.41, 5.74) is 12.4. The quantitative estimate of drug-likeness (QED) is 0.0284. The molecule has 4 aromatic carbocycles. The van der Waals surface area contributed by atoms with E-state index >= 15 is 0 Å². The second kappa shape index (κ2) is 38.0. The van der Waals surface area contributed by atoms with E-state index in [0.717, 1.165) is 161 Å². The molecule has 0 aromatic heterocycles. The van der Waals surface area contributed by atoms with Gasteiger partial charge in [0.15, 0.2) is 0 Å². The molecule has 1 aliphatic rings. The van der Waals surface area contributed by atoms with Crippen molar-refractivity contribution in [2.75, 3.05) is 82.8 Å². The van der Waals surface area contributed by atoms with Crippen molar-refractivity contribution in [1.82, 2.24) is 19.6 Å². The highest BCUT2D eigenvalue weighted by Gasteiger charge is 2.27. The lowest BCUT2D eigenvalue weighted by Crippen LogP contribution is -2.22. The first-order valence-electron chi connectivity index (χ1n) is 32.5. The third-order valence-corrected chi connectivity index (χ3v) is 18.5. The highest BCUT2D eigenvalue weighted by molar-refractivity contribution is 7.81. The van der Waals surface area contributed by atoms with Crippen LogP contribution in [0.2, 0.25) is 0 Å². The van der Waals surface area contributed by atoms with Crippen molar-refractivity contribution in [3.05, 3.63) is 115 Å². The van der Waals surface area contributed by atoms with Crippen molar-refractivity contribution < 1.29 is 18.9 Å². The lowest BCUT2D eigenvalue weighted by Gasteiger charge is -2.26. The average molecular weight is 1220 g/mol. The predicted molar refractivity (Wildman–Crippen MR) is 374 cm³/mol. The molecule has 0 saturated carbocycles. The third kappa shape index (κ3) is 22.1. The lowest BCUT2D eigenvalue weighted by molar-refractivity contribution is 0.293. The van der Waals surface area contributed by atoms with Crippen LogP contribution in [0.4, 0.5) is 0 Å². The molecule has 8 bridgehead atoms. The second-order valence-corrected chi connectivity index (χ2v) is 26.0. The van der Waals surface area contributed by atoms with Gasteiger partial charge < -0.3 is 38.5 Å². The fraction of sp³-hybridized carbons (Fsp3) is 0.611. The van der Waals surface area contributed by atoms with Crippen LogP contribution in [0.5, 0.6) is 23.0 Å². The van der Waals surface area contributed by atoms with Crippen molar-refractivity contribution >= 4 is 68.8 Å². The highest BCUT2D eigenvalue weighted by atomic mass is 32.1. The lowest BCUT2D eigenvalue weighted by atomic mass is 9.88. The van der Waals surface area contributed by atoms with Crippen molar-refractivity contribution in [2.24, 2.45) is 0 Å². The summed E-state index contributed by atoms with van der Waals surface area (Å²) < 4.78 is 29.2. The number of hydrogen-bond donors (Lipinski definition) is 0. The fourth-order valence-electron chi connectivity index (χ4n) is 11.4. The van der Waals surface area contributed by atoms with Gasteiger partial charge in [0.1, 0.15) is 43.0 Å². The van der Waals surface area contributed by atoms with E-state index in [9.17, 15) is 0 Å². The summed E-state index contributed by atoms with van der Waals surface area (Å²) in [4.78, 5) is 11.2. The fourth-order valence-corrected chi connectivity index (χ4v) is 11.9. The Balaban J connectivity index is 1.94. The molecule has 0 fully saturated rings. The summed E-state index contributed by atoms with van der Waals surface area (Å²) >= 11 is 25.4. The molecule has 0 radical (unpaired) electrons. The minimum atomic E-state index is 0.528. The maximum atomic E-state index is 7.30. The Morgan fingerprint density at radius 3 is 0.583 bits per heavy atom. The number of benzene rings is 4. The van der Waals surface area contributed by atoms with Crippen molar-refractivity contribution in [1.29, 1.82) is 0 Å². The number of ether oxygens (including phenoxy) is 4. The Bertz CT molecular complexity index is 2260. The zero-order valence-electron chi connectivity index (χ0n) is 54.3. The summed E-state index contributed by atoms with van der Waals surface area (Å²) in [5, 5.41) is 0. The standard InChI is InChI=1S/C72H108N4O4S4/c1-13-17-21-25-29-33-37-77-65-53-41-55-47-62(70(82)74(7)8)49-57(66(55)78-38-34-30-26-22-18-14-2)43-59-51-64(72(84)76(11)12)52-60(68(59)80-40-36-32-28-24-20-16-4)44-58-50-63(71(83)75(9)10)48-56(67(58)79-39-35-31-27-23-19-15-3)42-54(65)46-61(45-53)69(81)73(5)6/h45-52H,13-44H2,1-12H3. The van der Waals surface area contributed by atoms with E-state index in [4.69, 9.17) is 67.8 Å². The van der Waals surface area contributed by atoms with E-state index in [1.54, 1.807) is 0 Å². The van der Waals surface area contributed by atoms with E-state index in [-0.39, 0.29) is 0 Å². The summed E-state index contributed by atoms with van der Waals surface area (Å²) in [6.45, 7) is 11.5. The van der Waals surface area contributed by atoms with Gasteiger partial charge in [-0.05, 0) is 119 Å². The molecule has 12 heteroatoms. The van der Waals surface area contributed by atoms with E-state index < -0.39 is 0 Å². The van der Waals surface area contributed by atoms with E-state index in [0.29, 0.717) is 52.1 Å². The highest BCUT2D eigenvalue weighted by Crippen LogP contribution is 2.42. The maximum absolute atomic E-state index is 7.30. The molecule has 1 aliphatic carbocycles. The molecule has 8 nitrogen and oxygen atoms in total. The van der Waals surface area contributed by atoms with Crippen molar-refractivity contribution in [3.8, 4) is 23.0 Å². The molecule has 0 heterocycles.